The van der Waals surface area contributed by atoms with E-state index in [0.29, 0.717) is 19.8 Å². The Morgan fingerprint density at radius 1 is 1.21 bits per heavy atom. The number of halogens is 1. The quantitative estimate of drug-likeness (QED) is 0.247. The minimum Gasteiger partial charge on any atom is -0.492 e. The summed E-state index contributed by atoms with van der Waals surface area (Å²) in [5.74, 6) is 1.66. The Hall–Kier alpha value is -1.06. The first kappa shape index (κ1) is 22.9. The molecule has 0 atom stereocenters. The van der Waals surface area contributed by atoms with Gasteiger partial charge in [-0.15, -0.1) is 24.0 Å². The lowest BCUT2D eigenvalue weighted by molar-refractivity contribution is 0.152. The fourth-order valence-electron chi connectivity index (χ4n) is 1.88. The zero-order valence-electron chi connectivity index (χ0n) is 15.2. The van der Waals surface area contributed by atoms with E-state index < -0.39 is 0 Å². The fraction of sp³-hybridized carbons (Fsp3) is 0.588. The minimum absolute atomic E-state index is 0. The summed E-state index contributed by atoms with van der Waals surface area (Å²) in [5.41, 5.74) is 1.15. The van der Waals surface area contributed by atoms with Crippen LogP contribution in [0.15, 0.2) is 29.3 Å². The fourth-order valence-corrected chi connectivity index (χ4v) is 1.88. The van der Waals surface area contributed by atoms with Crippen LogP contribution >= 0.6 is 24.0 Å². The first-order valence-electron chi connectivity index (χ1n) is 8.04. The van der Waals surface area contributed by atoms with Crippen molar-refractivity contribution < 1.29 is 9.47 Å². The Kier molecular flexibility index (Phi) is 13.7. The number of hydrogen-bond acceptors (Lipinski definition) is 4. The molecule has 1 aromatic carbocycles. The van der Waals surface area contributed by atoms with Crippen molar-refractivity contribution in [3.8, 4) is 5.75 Å². The summed E-state index contributed by atoms with van der Waals surface area (Å²) in [6.07, 6.45) is 0. The highest BCUT2D eigenvalue weighted by atomic mass is 127. The number of guanidine groups is 1. The highest BCUT2D eigenvalue weighted by Gasteiger charge is 2.00. The minimum atomic E-state index is 0. The normalized spacial score (nSPS) is 11.1. The summed E-state index contributed by atoms with van der Waals surface area (Å²) in [5, 5.41) is 6.50. The second kappa shape index (κ2) is 14.3. The monoisotopic (exact) mass is 450 g/mol. The third kappa shape index (κ3) is 10.7. The van der Waals surface area contributed by atoms with E-state index in [9.17, 15) is 0 Å². The number of nitrogens with one attached hydrogen (secondary N) is 2. The molecule has 1 aromatic rings. The van der Waals surface area contributed by atoms with E-state index in [0.717, 1.165) is 37.0 Å². The molecule has 0 amide bonds. The van der Waals surface area contributed by atoms with Crippen molar-refractivity contribution in [2.45, 2.75) is 13.5 Å². The van der Waals surface area contributed by atoms with E-state index in [2.05, 4.69) is 32.7 Å². The number of nitrogens with zero attached hydrogens (tertiary/aromatic N) is 2. The molecule has 0 unspecified atom stereocenters. The number of rotatable bonds is 10. The molecule has 0 bridgehead atoms. The zero-order chi connectivity index (χ0) is 16.9. The van der Waals surface area contributed by atoms with Crippen molar-refractivity contribution in [3.05, 3.63) is 29.8 Å². The van der Waals surface area contributed by atoms with Gasteiger partial charge < -0.3 is 25.0 Å². The summed E-state index contributed by atoms with van der Waals surface area (Å²) in [7, 11) is 5.83. The Bertz CT molecular complexity index is 470. The molecular formula is C17H31IN4O2. The molecular weight excluding hydrogens is 419 g/mol. The molecule has 0 heterocycles. The first-order chi connectivity index (χ1) is 11.2. The lowest BCUT2D eigenvalue weighted by Crippen LogP contribution is -2.38. The van der Waals surface area contributed by atoms with Crippen LogP contribution in [-0.4, -0.2) is 64.9 Å². The van der Waals surface area contributed by atoms with Gasteiger partial charge in [-0.2, -0.15) is 0 Å². The molecule has 2 N–H and O–H groups in total. The van der Waals surface area contributed by atoms with E-state index >= 15 is 0 Å². The summed E-state index contributed by atoms with van der Waals surface area (Å²) in [6, 6.07) is 8.11. The SMILES string of the molecule is CCOCCNC(=NC)NCc1cccc(OCCN(C)C)c1.I. The molecule has 0 spiro atoms. The van der Waals surface area contributed by atoms with Crippen LogP contribution in [0.5, 0.6) is 5.75 Å². The highest BCUT2D eigenvalue weighted by Crippen LogP contribution is 2.13. The van der Waals surface area contributed by atoms with Gasteiger partial charge in [-0.3, -0.25) is 4.99 Å². The van der Waals surface area contributed by atoms with Gasteiger partial charge in [0.05, 0.1) is 6.61 Å². The maximum Gasteiger partial charge on any atom is 0.191 e. The van der Waals surface area contributed by atoms with Gasteiger partial charge in [0, 0.05) is 33.3 Å². The van der Waals surface area contributed by atoms with Gasteiger partial charge in [0.25, 0.3) is 0 Å². The molecule has 138 valence electrons. The number of ether oxygens (including phenoxy) is 2. The van der Waals surface area contributed by atoms with Crippen LogP contribution in [0.1, 0.15) is 12.5 Å². The summed E-state index contributed by atoms with van der Waals surface area (Å²) in [4.78, 5) is 6.29. The predicted molar refractivity (Wildman–Crippen MR) is 111 cm³/mol. The van der Waals surface area contributed by atoms with Gasteiger partial charge in [-0.05, 0) is 38.7 Å². The molecule has 0 saturated heterocycles. The third-order valence-electron chi connectivity index (χ3n) is 3.13. The third-order valence-corrected chi connectivity index (χ3v) is 3.13. The number of hydrogen-bond donors (Lipinski definition) is 2. The van der Waals surface area contributed by atoms with Crippen LogP contribution < -0.4 is 15.4 Å². The summed E-state index contributed by atoms with van der Waals surface area (Å²) in [6.45, 7) is 6.41. The van der Waals surface area contributed by atoms with Gasteiger partial charge in [0.15, 0.2) is 5.96 Å². The van der Waals surface area contributed by atoms with E-state index in [4.69, 9.17) is 9.47 Å². The van der Waals surface area contributed by atoms with Crippen LogP contribution in [0, 0.1) is 0 Å². The molecule has 1 rings (SSSR count). The van der Waals surface area contributed by atoms with Crippen LogP contribution in [0.2, 0.25) is 0 Å². The highest BCUT2D eigenvalue weighted by molar-refractivity contribution is 14.0. The lowest BCUT2D eigenvalue weighted by Gasteiger charge is -2.13. The van der Waals surface area contributed by atoms with Crippen molar-refractivity contribution in [1.29, 1.82) is 0 Å². The van der Waals surface area contributed by atoms with E-state index in [-0.39, 0.29) is 24.0 Å². The van der Waals surface area contributed by atoms with Crippen LogP contribution in [0.3, 0.4) is 0 Å². The maximum atomic E-state index is 5.75. The van der Waals surface area contributed by atoms with Gasteiger partial charge in [-0.25, -0.2) is 0 Å². The molecule has 0 saturated carbocycles. The van der Waals surface area contributed by atoms with Crippen LogP contribution in [0.25, 0.3) is 0 Å². The average molecular weight is 450 g/mol. The molecule has 0 aliphatic rings. The van der Waals surface area contributed by atoms with Gasteiger partial charge >= 0.3 is 0 Å². The Morgan fingerprint density at radius 2 is 2.00 bits per heavy atom. The second-order valence-corrected chi connectivity index (χ2v) is 5.35. The van der Waals surface area contributed by atoms with E-state index in [1.807, 2.05) is 33.2 Å². The van der Waals surface area contributed by atoms with Crippen molar-refractivity contribution >= 4 is 29.9 Å². The topological polar surface area (TPSA) is 58.1 Å². The zero-order valence-corrected chi connectivity index (χ0v) is 17.5. The maximum absolute atomic E-state index is 5.75. The van der Waals surface area contributed by atoms with Crippen molar-refractivity contribution in [2.75, 3.05) is 54.1 Å². The molecule has 0 aliphatic carbocycles. The van der Waals surface area contributed by atoms with Gasteiger partial charge in [0.1, 0.15) is 12.4 Å². The molecule has 0 fully saturated rings. The van der Waals surface area contributed by atoms with Crippen molar-refractivity contribution in [3.63, 3.8) is 0 Å². The van der Waals surface area contributed by atoms with E-state index in [1.165, 1.54) is 0 Å². The van der Waals surface area contributed by atoms with Gasteiger partial charge in [-0.1, -0.05) is 12.1 Å². The van der Waals surface area contributed by atoms with E-state index in [1.54, 1.807) is 7.05 Å². The smallest absolute Gasteiger partial charge is 0.191 e. The molecule has 6 nitrogen and oxygen atoms in total. The second-order valence-electron chi connectivity index (χ2n) is 5.35. The van der Waals surface area contributed by atoms with Crippen LogP contribution in [0.4, 0.5) is 0 Å². The Labute approximate surface area is 163 Å². The molecule has 24 heavy (non-hydrogen) atoms. The molecule has 0 aliphatic heterocycles. The molecule has 0 radical (unpaired) electrons. The Balaban J connectivity index is 0.00000529. The van der Waals surface area contributed by atoms with Crippen molar-refractivity contribution in [2.24, 2.45) is 4.99 Å². The summed E-state index contributed by atoms with van der Waals surface area (Å²) >= 11 is 0. The van der Waals surface area contributed by atoms with Crippen LogP contribution in [-0.2, 0) is 11.3 Å². The van der Waals surface area contributed by atoms with Crippen molar-refractivity contribution in [1.82, 2.24) is 15.5 Å². The average Bonchev–Trinajstić information content (AvgIpc) is 2.54. The first-order valence-corrected chi connectivity index (χ1v) is 8.04. The molecule has 0 aromatic heterocycles. The molecule has 7 heteroatoms. The summed E-state index contributed by atoms with van der Waals surface area (Å²) < 4.78 is 11.0. The largest absolute Gasteiger partial charge is 0.492 e. The number of likely N-dealkylation sites (N-methyl/N-ethyl adjacent to an activating group) is 1. The lowest BCUT2D eigenvalue weighted by atomic mass is 10.2. The standard InChI is InChI=1S/C17H30N4O2.HI/c1-5-22-11-9-19-17(18-2)20-14-15-7-6-8-16(13-15)23-12-10-21(3)4;/h6-8,13H,5,9-12,14H2,1-4H3,(H2,18,19,20);1H. The van der Waals surface area contributed by atoms with Gasteiger partial charge in [0.2, 0.25) is 0 Å². The number of aliphatic imine (C=N–C) groups is 1. The Morgan fingerprint density at radius 3 is 2.67 bits per heavy atom. The predicted octanol–water partition coefficient (Wildman–Crippen LogP) is 1.95. The number of benzene rings is 1.